The van der Waals surface area contributed by atoms with E-state index in [2.05, 4.69) is 20.3 Å². The first-order valence-corrected chi connectivity index (χ1v) is 4.71. The highest BCUT2D eigenvalue weighted by atomic mass is 35.5. The van der Waals surface area contributed by atoms with Gasteiger partial charge in [0.25, 0.3) is 0 Å². The van der Waals surface area contributed by atoms with Crippen LogP contribution in [0.2, 0.25) is 5.28 Å². The summed E-state index contributed by atoms with van der Waals surface area (Å²) in [4.78, 5) is 10.9. The number of nitrogens with zero attached hydrogens (tertiary/aromatic N) is 3. The van der Waals surface area contributed by atoms with E-state index in [-0.39, 0.29) is 17.2 Å². The molecule has 0 bridgehead atoms. The number of halogens is 1. The highest BCUT2D eigenvalue weighted by Crippen LogP contribution is 2.13. The molecule has 0 unspecified atom stereocenters. The molecule has 9 heteroatoms. The molecule has 1 heterocycles. The average Bonchev–Trinajstić information content (AvgIpc) is 2.25. The van der Waals surface area contributed by atoms with E-state index in [1.807, 2.05) is 0 Å². The summed E-state index contributed by atoms with van der Waals surface area (Å²) < 4.78 is 0. The van der Waals surface area contributed by atoms with Crippen molar-refractivity contribution in [2.24, 2.45) is 0 Å². The summed E-state index contributed by atoms with van der Waals surface area (Å²) >= 11 is 5.54. The van der Waals surface area contributed by atoms with Crippen LogP contribution in [0.15, 0.2) is 0 Å². The first-order valence-electron chi connectivity index (χ1n) is 4.33. The lowest BCUT2D eigenvalue weighted by molar-refractivity contribution is 0.0828. The molecule has 0 saturated carbocycles. The molecule has 0 aliphatic carbocycles. The number of rotatable bonds is 5. The molecule has 1 aromatic rings. The van der Waals surface area contributed by atoms with E-state index in [0.717, 1.165) is 0 Å². The Bertz CT molecular complexity index is 331. The van der Waals surface area contributed by atoms with Crippen molar-refractivity contribution in [3.63, 3.8) is 0 Å². The molecule has 8 nitrogen and oxygen atoms in total. The van der Waals surface area contributed by atoms with Crippen LogP contribution in [-0.2, 0) is 0 Å². The summed E-state index contributed by atoms with van der Waals surface area (Å²) in [6.07, 6.45) is 0. The van der Waals surface area contributed by atoms with Gasteiger partial charge in [-0.15, -0.1) is 0 Å². The van der Waals surface area contributed by atoms with Crippen molar-refractivity contribution < 1.29 is 15.3 Å². The average molecular weight is 250 g/mol. The van der Waals surface area contributed by atoms with Crippen LogP contribution in [0.25, 0.3) is 0 Å². The van der Waals surface area contributed by atoms with Gasteiger partial charge in [0.1, 0.15) is 5.54 Å². The van der Waals surface area contributed by atoms with Gasteiger partial charge in [-0.2, -0.15) is 15.0 Å². The molecule has 0 amide bonds. The van der Waals surface area contributed by atoms with E-state index < -0.39 is 25.4 Å². The number of aromatic nitrogens is 3. The highest BCUT2D eigenvalue weighted by molar-refractivity contribution is 6.28. The summed E-state index contributed by atoms with van der Waals surface area (Å²) in [5.41, 5.74) is 3.99. The van der Waals surface area contributed by atoms with Crippen LogP contribution in [0, 0.1) is 0 Å². The van der Waals surface area contributed by atoms with Gasteiger partial charge < -0.3 is 26.4 Å². The van der Waals surface area contributed by atoms with E-state index in [1.54, 1.807) is 0 Å². The Labute approximate surface area is 96.1 Å². The van der Waals surface area contributed by atoms with Gasteiger partial charge in [0.05, 0.1) is 19.8 Å². The molecular formula is C7H12ClN5O3. The molecule has 0 radical (unpaired) electrons. The number of aliphatic hydroxyl groups is 3. The van der Waals surface area contributed by atoms with Crippen molar-refractivity contribution in [1.29, 1.82) is 0 Å². The van der Waals surface area contributed by atoms with Crippen molar-refractivity contribution in [2.45, 2.75) is 5.54 Å². The summed E-state index contributed by atoms with van der Waals surface area (Å²) in [5.74, 6) is -0.139. The van der Waals surface area contributed by atoms with Gasteiger partial charge in [0.15, 0.2) is 0 Å². The van der Waals surface area contributed by atoms with Crippen molar-refractivity contribution in [1.82, 2.24) is 15.0 Å². The first kappa shape index (κ1) is 12.8. The first-order chi connectivity index (χ1) is 7.55. The summed E-state index contributed by atoms with van der Waals surface area (Å²) in [6.45, 7) is -1.53. The normalized spacial score (nSPS) is 11.5. The van der Waals surface area contributed by atoms with Crippen LogP contribution in [0.3, 0.4) is 0 Å². The third-order valence-electron chi connectivity index (χ3n) is 1.91. The molecule has 6 N–H and O–H groups in total. The minimum atomic E-state index is -1.34. The van der Waals surface area contributed by atoms with Gasteiger partial charge in [0, 0.05) is 0 Å². The van der Waals surface area contributed by atoms with Crippen LogP contribution in [-0.4, -0.2) is 55.6 Å². The van der Waals surface area contributed by atoms with Crippen LogP contribution in [0.1, 0.15) is 0 Å². The van der Waals surface area contributed by atoms with Gasteiger partial charge in [-0.3, -0.25) is 0 Å². The van der Waals surface area contributed by atoms with Gasteiger partial charge in [-0.25, -0.2) is 0 Å². The zero-order chi connectivity index (χ0) is 12.2. The monoisotopic (exact) mass is 249 g/mol. The van der Waals surface area contributed by atoms with Gasteiger partial charge in [0.2, 0.25) is 17.2 Å². The second kappa shape index (κ2) is 5.21. The fourth-order valence-corrected chi connectivity index (χ4v) is 1.09. The fraction of sp³-hybridized carbons (Fsp3) is 0.571. The van der Waals surface area contributed by atoms with Crippen molar-refractivity contribution >= 4 is 23.5 Å². The van der Waals surface area contributed by atoms with E-state index in [9.17, 15) is 0 Å². The molecule has 0 fully saturated rings. The Morgan fingerprint density at radius 2 is 1.69 bits per heavy atom. The van der Waals surface area contributed by atoms with Crippen LogP contribution >= 0.6 is 11.6 Å². The minimum absolute atomic E-state index is 0.0327. The minimum Gasteiger partial charge on any atom is -0.394 e. The van der Waals surface area contributed by atoms with E-state index >= 15 is 0 Å². The Kier molecular flexibility index (Phi) is 4.19. The predicted octanol–water partition coefficient (Wildman–Crippen LogP) is -1.77. The third kappa shape index (κ3) is 2.89. The number of anilines is 2. The topological polar surface area (TPSA) is 137 Å². The number of nitrogens with two attached hydrogens (primary N) is 1. The van der Waals surface area contributed by atoms with Gasteiger partial charge >= 0.3 is 0 Å². The molecule has 16 heavy (non-hydrogen) atoms. The Hall–Kier alpha value is -1.22. The second-order valence-corrected chi connectivity index (χ2v) is 3.50. The zero-order valence-corrected chi connectivity index (χ0v) is 9.02. The molecular weight excluding hydrogens is 238 g/mol. The quantitative estimate of drug-likeness (QED) is 0.414. The number of nitrogen functional groups attached to an aromatic ring is 1. The maximum Gasteiger partial charge on any atom is 0.229 e. The fourth-order valence-electron chi connectivity index (χ4n) is 0.927. The van der Waals surface area contributed by atoms with Crippen LogP contribution < -0.4 is 11.1 Å². The van der Waals surface area contributed by atoms with Gasteiger partial charge in [-0.1, -0.05) is 0 Å². The second-order valence-electron chi connectivity index (χ2n) is 3.17. The Balaban J connectivity index is 2.93. The molecule has 0 atom stereocenters. The molecule has 0 aromatic carbocycles. The lowest BCUT2D eigenvalue weighted by Gasteiger charge is -2.28. The summed E-state index contributed by atoms with van der Waals surface area (Å²) in [5, 5.41) is 29.6. The number of nitrogens with one attached hydrogen (secondary N) is 1. The van der Waals surface area contributed by atoms with Crippen LogP contribution in [0.5, 0.6) is 0 Å². The SMILES string of the molecule is Nc1nc(Cl)nc(NC(CO)(CO)CO)n1. The van der Waals surface area contributed by atoms with E-state index in [4.69, 9.17) is 32.7 Å². The highest BCUT2D eigenvalue weighted by Gasteiger charge is 2.29. The molecule has 0 aliphatic heterocycles. The van der Waals surface area contributed by atoms with Gasteiger partial charge in [-0.05, 0) is 11.6 Å². The lowest BCUT2D eigenvalue weighted by Crippen LogP contribution is -2.49. The lowest BCUT2D eigenvalue weighted by atomic mass is 10.0. The Morgan fingerprint density at radius 1 is 1.12 bits per heavy atom. The molecule has 0 saturated heterocycles. The summed E-state index contributed by atoms with van der Waals surface area (Å²) in [6, 6.07) is 0. The van der Waals surface area contributed by atoms with Crippen molar-refractivity contribution in [3.8, 4) is 0 Å². The van der Waals surface area contributed by atoms with Crippen molar-refractivity contribution in [2.75, 3.05) is 30.9 Å². The molecule has 90 valence electrons. The standard InChI is InChI=1S/C7H12ClN5O3/c8-4-10-5(9)12-6(11-4)13-7(1-14,2-15)3-16/h14-16H,1-3H2,(H3,9,10,11,12,13). The maximum atomic E-state index is 9.06. The van der Waals surface area contributed by atoms with Crippen LogP contribution in [0.4, 0.5) is 11.9 Å². The number of hydrogen-bond acceptors (Lipinski definition) is 8. The zero-order valence-electron chi connectivity index (χ0n) is 8.26. The molecule has 0 spiro atoms. The van der Waals surface area contributed by atoms with E-state index in [0.29, 0.717) is 0 Å². The maximum absolute atomic E-state index is 9.06. The number of aliphatic hydroxyl groups excluding tert-OH is 3. The smallest absolute Gasteiger partial charge is 0.229 e. The number of hydrogen-bond donors (Lipinski definition) is 5. The summed E-state index contributed by atoms with van der Waals surface area (Å²) in [7, 11) is 0. The molecule has 0 aliphatic rings. The third-order valence-corrected chi connectivity index (χ3v) is 2.08. The van der Waals surface area contributed by atoms with E-state index in [1.165, 1.54) is 0 Å². The molecule has 1 rings (SSSR count). The predicted molar refractivity (Wildman–Crippen MR) is 56.9 cm³/mol. The molecule has 1 aromatic heterocycles. The Morgan fingerprint density at radius 3 is 2.12 bits per heavy atom. The largest absolute Gasteiger partial charge is 0.394 e. The van der Waals surface area contributed by atoms with Crippen molar-refractivity contribution in [3.05, 3.63) is 5.28 Å².